The Balaban J connectivity index is 4.38. The lowest BCUT2D eigenvalue weighted by atomic mass is 10.1. The summed E-state index contributed by atoms with van der Waals surface area (Å²) in [6.45, 7) is 6.61. The average Bonchev–Trinajstić information content (AvgIpc) is 3.38. The number of rotatable bonds is 57. The van der Waals surface area contributed by atoms with Crippen molar-refractivity contribution in [1.82, 2.24) is 0 Å². The quantitative estimate of drug-likeness (QED) is 0.0261. The predicted molar refractivity (Wildman–Crippen MR) is 312 cm³/mol. The van der Waals surface area contributed by atoms with Gasteiger partial charge in [0.15, 0.2) is 6.10 Å². The Bertz CT molecular complexity index is 1290. The number of esters is 3. The predicted octanol–water partition coefficient (Wildman–Crippen LogP) is 21.2. The van der Waals surface area contributed by atoms with Crippen LogP contribution in [0.3, 0.4) is 0 Å². The van der Waals surface area contributed by atoms with Gasteiger partial charge in [0.2, 0.25) is 0 Å². The van der Waals surface area contributed by atoms with Crippen molar-refractivity contribution in [2.75, 3.05) is 13.2 Å². The molecule has 0 spiro atoms. The molecule has 0 aromatic heterocycles. The Labute approximate surface area is 447 Å². The molecule has 0 N–H and O–H groups in total. The topological polar surface area (TPSA) is 78.9 Å². The standard InChI is InChI=1S/C66H118O6/c1-4-7-10-13-16-19-22-25-28-31-33-36-38-41-44-47-50-53-56-59-65(68)71-62-63(61-70-64(67)58-55-52-49-46-43-40-37-34-30-27-24-21-18-15-12-9-6-3)72-66(69)60-57-54-51-48-45-42-39-35-32-29-26-23-20-17-14-11-8-5-2/h16,18-19,21,25,27-30,32,63H,4-15,17,20,22-24,26,31,33-62H2,1-3H3/b19-16-,21-18-,28-25-,30-27-,32-29-. The molecule has 0 saturated carbocycles. The summed E-state index contributed by atoms with van der Waals surface area (Å²) in [6, 6.07) is 0. The molecule has 1 atom stereocenters. The lowest BCUT2D eigenvalue weighted by Crippen LogP contribution is -2.30. The first kappa shape index (κ1) is 69.1. The highest BCUT2D eigenvalue weighted by Gasteiger charge is 2.19. The minimum atomic E-state index is -0.782. The molecule has 0 aliphatic heterocycles. The van der Waals surface area contributed by atoms with Crippen LogP contribution in [0.15, 0.2) is 60.8 Å². The molecule has 72 heavy (non-hydrogen) atoms. The molecular formula is C66H118O6. The second-order valence-corrected chi connectivity index (χ2v) is 21.0. The zero-order valence-corrected chi connectivity index (χ0v) is 47.9. The molecule has 0 aromatic rings. The first-order chi connectivity index (χ1) is 35.5. The van der Waals surface area contributed by atoms with Gasteiger partial charge in [0.25, 0.3) is 0 Å². The van der Waals surface area contributed by atoms with E-state index in [1.165, 1.54) is 205 Å². The molecular weight excluding hydrogens is 889 g/mol. The summed E-state index contributed by atoms with van der Waals surface area (Å²) in [7, 11) is 0. The Morgan fingerprint density at radius 1 is 0.278 bits per heavy atom. The lowest BCUT2D eigenvalue weighted by molar-refractivity contribution is -0.167. The van der Waals surface area contributed by atoms with Crippen LogP contribution < -0.4 is 0 Å². The molecule has 6 nitrogen and oxygen atoms in total. The first-order valence-electron chi connectivity index (χ1n) is 31.3. The number of carbonyl (C=O) groups excluding carboxylic acids is 3. The Hall–Kier alpha value is -2.89. The molecule has 0 radical (unpaired) electrons. The molecule has 0 rings (SSSR count). The second kappa shape index (κ2) is 60.7. The molecule has 1 unspecified atom stereocenters. The van der Waals surface area contributed by atoms with E-state index in [1.807, 2.05) is 0 Å². The van der Waals surface area contributed by atoms with Gasteiger partial charge in [0, 0.05) is 19.3 Å². The summed E-state index contributed by atoms with van der Waals surface area (Å²) in [5, 5.41) is 0. The van der Waals surface area contributed by atoms with Gasteiger partial charge in [-0.25, -0.2) is 0 Å². The van der Waals surface area contributed by atoms with E-state index in [2.05, 4.69) is 81.5 Å². The Morgan fingerprint density at radius 3 is 0.806 bits per heavy atom. The number of hydrogen-bond acceptors (Lipinski definition) is 6. The SMILES string of the molecule is CCCCC/C=C\C/C=C\CCCCCCCCCCCC(=O)OCC(COC(=O)CCCCCCCCC/C=C\C/C=C\CCCCC)OC(=O)CCCCCCCCC/C=C\CCCCCCCCC. The maximum Gasteiger partial charge on any atom is 0.306 e. The third-order valence-corrected chi connectivity index (χ3v) is 13.7. The van der Waals surface area contributed by atoms with E-state index in [1.54, 1.807) is 0 Å². The van der Waals surface area contributed by atoms with Gasteiger partial charge in [0.05, 0.1) is 0 Å². The molecule has 0 heterocycles. The lowest BCUT2D eigenvalue weighted by Gasteiger charge is -2.18. The van der Waals surface area contributed by atoms with Crippen molar-refractivity contribution in [1.29, 1.82) is 0 Å². The van der Waals surface area contributed by atoms with Crippen LogP contribution in [0.1, 0.15) is 323 Å². The van der Waals surface area contributed by atoms with Crippen LogP contribution in [-0.2, 0) is 28.6 Å². The largest absolute Gasteiger partial charge is 0.462 e. The highest BCUT2D eigenvalue weighted by molar-refractivity contribution is 5.71. The van der Waals surface area contributed by atoms with Gasteiger partial charge < -0.3 is 14.2 Å². The van der Waals surface area contributed by atoms with Crippen molar-refractivity contribution in [3.8, 4) is 0 Å². The first-order valence-corrected chi connectivity index (χ1v) is 31.3. The minimum absolute atomic E-state index is 0.0793. The molecule has 0 amide bonds. The van der Waals surface area contributed by atoms with E-state index in [4.69, 9.17) is 14.2 Å². The minimum Gasteiger partial charge on any atom is -0.462 e. The maximum absolute atomic E-state index is 12.9. The fourth-order valence-corrected chi connectivity index (χ4v) is 8.97. The molecule has 0 fully saturated rings. The molecule has 0 aliphatic rings. The van der Waals surface area contributed by atoms with Gasteiger partial charge in [0.1, 0.15) is 13.2 Å². The third kappa shape index (κ3) is 58.0. The Kier molecular flexibility index (Phi) is 58.2. The van der Waals surface area contributed by atoms with Gasteiger partial charge in [-0.1, -0.05) is 255 Å². The molecule has 0 aromatic carbocycles. The number of hydrogen-bond donors (Lipinski definition) is 0. The highest BCUT2D eigenvalue weighted by Crippen LogP contribution is 2.16. The maximum atomic E-state index is 12.9. The monoisotopic (exact) mass is 1010 g/mol. The van der Waals surface area contributed by atoms with Crippen molar-refractivity contribution in [3.05, 3.63) is 60.8 Å². The number of unbranched alkanes of at least 4 members (excludes halogenated alkanes) is 36. The molecule has 0 aliphatic carbocycles. The van der Waals surface area contributed by atoms with Gasteiger partial charge in [-0.15, -0.1) is 0 Å². The summed E-state index contributed by atoms with van der Waals surface area (Å²) < 4.78 is 16.9. The normalized spacial score (nSPS) is 12.4. The third-order valence-electron chi connectivity index (χ3n) is 13.7. The molecule has 0 bridgehead atoms. The van der Waals surface area contributed by atoms with Crippen LogP contribution >= 0.6 is 0 Å². The van der Waals surface area contributed by atoms with Gasteiger partial charge in [-0.3, -0.25) is 14.4 Å². The summed E-state index contributed by atoms with van der Waals surface area (Å²) in [5.74, 6) is -0.880. The zero-order valence-electron chi connectivity index (χ0n) is 47.9. The second-order valence-electron chi connectivity index (χ2n) is 21.0. The smallest absolute Gasteiger partial charge is 0.306 e. The van der Waals surface area contributed by atoms with Crippen molar-refractivity contribution in [2.45, 2.75) is 329 Å². The summed E-state index contributed by atoms with van der Waals surface area (Å²) in [4.78, 5) is 38.3. The van der Waals surface area contributed by atoms with Gasteiger partial charge in [-0.2, -0.15) is 0 Å². The van der Waals surface area contributed by atoms with Crippen molar-refractivity contribution >= 4 is 17.9 Å². The van der Waals surface area contributed by atoms with Crippen LogP contribution in [0.25, 0.3) is 0 Å². The van der Waals surface area contributed by atoms with E-state index < -0.39 is 6.10 Å². The van der Waals surface area contributed by atoms with Crippen LogP contribution in [0.5, 0.6) is 0 Å². The average molecular weight is 1010 g/mol. The van der Waals surface area contributed by atoms with E-state index in [0.29, 0.717) is 19.3 Å². The van der Waals surface area contributed by atoms with Crippen LogP contribution in [-0.4, -0.2) is 37.2 Å². The van der Waals surface area contributed by atoms with Crippen LogP contribution in [0.2, 0.25) is 0 Å². The molecule has 6 heteroatoms. The van der Waals surface area contributed by atoms with Crippen LogP contribution in [0.4, 0.5) is 0 Å². The van der Waals surface area contributed by atoms with Crippen molar-refractivity contribution in [2.24, 2.45) is 0 Å². The number of allylic oxidation sites excluding steroid dienone is 10. The summed E-state index contributed by atoms with van der Waals surface area (Å²) >= 11 is 0. The van der Waals surface area contributed by atoms with Gasteiger partial charge >= 0.3 is 17.9 Å². The van der Waals surface area contributed by atoms with Crippen LogP contribution in [0, 0.1) is 0 Å². The van der Waals surface area contributed by atoms with E-state index in [9.17, 15) is 14.4 Å². The Morgan fingerprint density at radius 2 is 0.500 bits per heavy atom. The summed E-state index contributed by atoms with van der Waals surface area (Å²) in [6.07, 6.45) is 76.4. The van der Waals surface area contributed by atoms with E-state index >= 15 is 0 Å². The molecule has 418 valence electrons. The fraction of sp³-hybridized carbons (Fsp3) is 0.803. The number of ether oxygens (including phenoxy) is 3. The van der Waals surface area contributed by atoms with Crippen molar-refractivity contribution < 1.29 is 28.6 Å². The van der Waals surface area contributed by atoms with Crippen molar-refractivity contribution in [3.63, 3.8) is 0 Å². The number of carbonyl (C=O) groups is 3. The van der Waals surface area contributed by atoms with Gasteiger partial charge in [-0.05, 0) is 109 Å². The summed E-state index contributed by atoms with van der Waals surface area (Å²) in [5.41, 5.74) is 0. The van der Waals surface area contributed by atoms with E-state index in [0.717, 1.165) is 77.0 Å². The fourth-order valence-electron chi connectivity index (χ4n) is 8.97. The van der Waals surface area contributed by atoms with E-state index in [-0.39, 0.29) is 31.1 Å². The molecule has 0 saturated heterocycles. The zero-order chi connectivity index (χ0) is 52.2. The highest BCUT2D eigenvalue weighted by atomic mass is 16.6.